The van der Waals surface area contributed by atoms with Gasteiger partial charge in [0, 0.05) is 24.5 Å². The van der Waals surface area contributed by atoms with Gasteiger partial charge in [0.15, 0.2) is 5.69 Å². The van der Waals surface area contributed by atoms with Crippen LogP contribution in [0.1, 0.15) is 56.4 Å². The molecule has 2 saturated carbocycles. The molecule has 148 valence electrons. The summed E-state index contributed by atoms with van der Waals surface area (Å²) in [6.45, 7) is 5.51. The van der Waals surface area contributed by atoms with Gasteiger partial charge in [-0.2, -0.15) is 5.10 Å². The van der Waals surface area contributed by atoms with Crippen LogP contribution in [0.25, 0.3) is 10.8 Å². The monoisotopic (exact) mass is 379 g/mol. The molecule has 2 saturated heterocycles. The minimum Gasteiger partial charge on any atom is -0.334 e. The first-order chi connectivity index (χ1) is 13.5. The molecule has 5 heteroatoms. The van der Waals surface area contributed by atoms with Gasteiger partial charge in [0.05, 0.1) is 5.39 Å². The highest BCUT2D eigenvalue weighted by Crippen LogP contribution is 2.47. The van der Waals surface area contributed by atoms with Gasteiger partial charge in [-0.15, -0.1) is 0 Å². The normalized spacial score (nSPS) is 28.9. The molecule has 3 heterocycles. The molecule has 0 radical (unpaired) electrons. The summed E-state index contributed by atoms with van der Waals surface area (Å²) in [5.74, 6) is 2.53. The number of hydrogen-bond acceptors (Lipinski definition) is 3. The molecule has 2 unspecified atom stereocenters. The second-order valence-electron chi connectivity index (χ2n) is 9.66. The SMILES string of the molecule is CC(C)Cn1nc(C(=O)N2CC3CC4CC(C3)CC2C4)c2ccccc2c1=O. The Morgan fingerprint density at radius 1 is 1.04 bits per heavy atom. The number of fused-ring (bicyclic) bond motifs is 2. The van der Waals surface area contributed by atoms with Crippen LogP contribution in [0, 0.1) is 23.7 Å². The van der Waals surface area contributed by atoms with Gasteiger partial charge in [-0.25, -0.2) is 4.68 Å². The van der Waals surface area contributed by atoms with E-state index in [2.05, 4.69) is 23.8 Å². The molecule has 2 atom stereocenters. The van der Waals surface area contributed by atoms with Crippen LogP contribution in [0.5, 0.6) is 0 Å². The molecule has 1 aromatic heterocycles. The van der Waals surface area contributed by atoms with Gasteiger partial charge in [0.2, 0.25) is 0 Å². The van der Waals surface area contributed by atoms with Crippen molar-refractivity contribution in [1.29, 1.82) is 0 Å². The molecule has 1 amide bonds. The third-order valence-electron chi connectivity index (χ3n) is 6.98. The van der Waals surface area contributed by atoms with Crippen molar-refractivity contribution in [2.24, 2.45) is 23.7 Å². The number of nitrogens with zero attached hydrogens (tertiary/aromatic N) is 3. The Morgan fingerprint density at radius 3 is 2.36 bits per heavy atom. The van der Waals surface area contributed by atoms with E-state index in [1.165, 1.54) is 23.9 Å². The van der Waals surface area contributed by atoms with Crippen LogP contribution in [0.4, 0.5) is 0 Å². The fourth-order valence-corrected chi connectivity index (χ4v) is 6.03. The first-order valence-electron chi connectivity index (χ1n) is 10.8. The predicted octanol–water partition coefficient (Wildman–Crippen LogP) is 3.70. The minimum atomic E-state index is -0.100. The maximum atomic E-state index is 13.7. The largest absolute Gasteiger partial charge is 0.334 e. The molecule has 1 aromatic carbocycles. The molecule has 2 aliphatic carbocycles. The summed E-state index contributed by atoms with van der Waals surface area (Å²) in [7, 11) is 0. The van der Waals surface area contributed by atoms with E-state index in [4.69, 9.17) is 0 Å². The van der Waals surface area contributed by atoms with E-state index in [9.17, 15) is 9.59 Å². The third-order valence-corrected chi connectivity index (χ3v) is 6.98. The number of carbonyl (C=O) groups excluding carboxylic acids is 1. The maximum Gasteiger partial charge on any atom is 0.275 e. The quantitative estimate of drug-likeness (QED) is 0.817. The van der Waals surface area contributed by atoms with E-state index >= 15 is 0 Å². The van der Waals surface area contributed by atoms with Crippen molar-refractivity contribution in [3.63, 3.8) is 0 Å². The summed E-state index contributed by atoms with van der Waals surface area (Å²) in [4.78, 5) is 28.7. The number of benzene rings is 1. The van der Waals surface area contributed by atoms with E-state index in [1.54, 1.807) is 0 Å². The second kappa shape index (κ2) is 6.71. The van der Waals surface area contributed by atoms with Crippen LogP contribution < -0.4 is 5.56 Å². The van der Waals surface area contributed by atoms with Crippen molar-refractivity contribution < 1.29 is 4.79 Å². The highest BCUT2D eigenvalue weighted by Gasteiger charge is 2.44. The molecule has 4 bridgehead atoms. The molecular formula is C23H29N3O2. The van der Waals surface area contributed by atoms with Crippen LogP contribution in [0.3, 0.4) is 0 Å². The van der Waals surface area contributed by atoms with Crippen LogP contribution >= 0.6 is 0 Å². The van der Waals surface area contributed by atoms with E-state index in [1.807, 2.05) is 24.3 Å². The van der Waals surface area contributed by atoms with Crippen molar-refractivity contribution >= 4 is 16.7 Å². The van der Waals surface area contributed by atoms with Crippen LogP contribution in [0.15, 0.2) is 29.1 Å². The molecule has 5 nitrogen and oxygen atoms in total. The van der Waals surface area contributed by atoms with Gasteiger partial charge in [-0.3, -0.25) is 9.59 Å². The van der Waals surface area contributed by atoms with Crippen LogP contribution in [0.2, 0.25) is 0 Å². The van der Waals surface area contributed by atoms with Crippen LogP contribution in [-0.4, -0.2) is 33.2 Å². The lowest BCUT2D eigenvalue weighted by atomic mass is 9.68. The van der Waals surface area contributed by atoms with Gasteiger partial charge >= 0.3 is 0 Å². The smallest absolute Gasteiger partial charge is 0.275 e. The molecule has 6 rings (SSSR count). The Kier molecular flexibility index (Phi) is 4.29. The van der Waals surface area contributed by atoms with Crippen molar-refractivity contribution in [2.45, 2.75) is 58.5 Å². The standard InChI is InChI=1S/C23H29N3O2/c1-14(2)12-26-22(27)20-6-4-3-5-19(20)21(24-26)23(28)25-13-17-8-15-7-16(9-17)11-18(25)10-15/h3-6,14-18H,7-13H2,1-2H3. The first kappa shape index (κ1) is 17.9. The van der Waals surface area contributed by atoms with E-state index in [0.29, 0.717) is 40.9 Å². The predicted molar refractivity (Wildman–Crippen MR) is 109 cm³/mol. The lowest BCUT2D eigenvalue weighted by Gasteiger charge is -2.38. The number of amides is 1. The summed E-state index contributed by atoms with van der Waals surface area (Å²) < 4.78 is 1.50. The summed E-state index contributed by atoms with van der Waals surface area (Å²) >= 11 is 0. The first-order valence-corrected chi connectivity index (χ1v) is 10.8. The molecule has 0 spiro atoms. The van der Waals surface area contributed by atoms with Gasteiger partial charge < -0.3 is 4.90 Å². The van der Waals surface area contributed by atoms with Crippen molar-refractivity contribution in [3.05, 3.63) is 40.3 Å². The molecule has 28 heavy (non-hydrogen) atoms. The molecule has 2 aliphatic heterocycles. The maximum absolute atomic E-state index is 13.7. The molecular weight excluding hydrogens is 350 g/mol. The summed E-state index contributed by atoms with van der Waals surface area (Å²) in [6.07, 6.45) is 6.19. The number of rotatable bonds is 3. The van der Waals surface area contributed by atoms with E-state index < -0.39 is 0 Å². The fraction of sp³-hybridized carbons (Fsp3) is 0.609. The highest BCUT2D eigenvalue weighted by atomic mass is 16.2. The Morgan fingerprint density at radius 2 is 1.68 bits per heavy atom. The summed E-state index contributed by atoms with van der Waals surface area (Å²) in [6, 6.07) is 7.79. The average Bonchev–Trinajstić information content (AvgIpc) is 2.86. The number of aromatic nitrogens is 2. The zero-order valence-corrected chi connectivity index (χ0v) is 16.8. The third kappa shape index (κ3) is 2.96. The molecule has 4 aliphatic rings. The summed E-state index contributed by atoms with van der Waals surface area (Å²) in [5, 5.41) is 5.90. The average molecular weight is 380 g/mol. The van der Waals surface area contributed by atoms with Gasteiger partial charge in [0.25, 0.3) is 11.5 Å². The Balaban J connectivity index is 1.59. The second-order valence-corrected chi connectivity index (χ2v) is 9.66. The Labute approximate surface area is 165 Å². The van der Waals surface area contributed by atoms with Gasteiger partial charge in [-0.1, -0.05) is 32.0 Å². The van der Waals surface area contributed by atoms with Crippen molar-refractivity contribution in [2.75, 3.05) is 6.54 Å². The zero-order valence-electron chi connectivity index (χ0n) is 16.8. The Bertz CT molecular complexity index is 965. The minimum absolute atomic E-state index is 0.0203. The van der Waals surface area contributed by atoms with Crippen LogP contribution in [-0.2, 0) is 6.54 Å². The summed E-state index contributed by atoms with van der Waals surface area (Å²) in [5.41, 5.74) is 0.355. The zero-order chi connectivity index (χ0) is 19.4. The van der Waals surface area contributed by atoms with Crippen molar-refractivity contribution in [1.82, 2.24) is 14.7 Å². The van der Waals surface area contributed by atoms with Gasteiger partial charge in [-0.05, 0) is 61.8 Å². The topological polar surface area (TPSA) is 55.2 Å². The molecule has 4 fully saturated rings. The van der Waals surface area contributed by atoms with Crippen molar-refractivity contribution in [3.8, 4) is 0 Å². The lowest BCUT2D eigenvalue weighted by Crippen LogP contribution is -2.43. The highest BCUT2D eigenvalue weighted by molar-refractivity contribution is 6.04. The van der Waals surface area contributed by atoms with E-state index in [-0.39, 0.29) is 11.5 Å². The lowest BCUT2D eigenvalue weighted by molar-refractivity contribution is 0.0626. The number of hydrogen-bond donors (Lipinski definition) is 0. The van der Waals surface area contributed by atoms with Gasteiger partial charge in [0.1, 0.15) is 0 Å². The molecule has 2 aromatic rings. The molecule has 0 N–H and O–H groups in total. The Hall–Kier alpha value is -2.17. The van der Waals surface area contributed by atoms with E-state index in [0.717, 1.165) is 31.2 Å². The fourth-order valence-electron chi connectivity index (χ4n) is 6.03. The number of carbonyl (C=O) groups is 1.